The molecular formula is C5H6BNO2. The van der Waals surface area contributed by atoms with E-state index in [1.54, 1.807) is 18.2 Å². The van der Waals surface area contributed by atoms with Crippen molar-refractivity contribution in [2.45, 2.75) is 0 Å². The van der Waals surface area contributed by atoms with Gasteiger partial charge in [0.25, 0.3) is 0 Å². The van der Waals surface area contributed by atoms with Crippen molar-refractivity contribution in [2.75, 3.05) is 0 Å². The number of nitrogens with zero attached hydrogens (tertiary/aromatic N) is 1. The fourth-order valence-corrected chi connectivity index (χ4v) is 0.559. The first kappa shape index (κ1) is 6.26. The summed E-state index contributed by atoms with van der Waals surface area (Å²) in [5.41, 5.74) is 0. The molecule has 4 heteroatoms. The van der Waals surface area contributed by atoms with E-state index in [1.165, 1.54) is 16.9 Å². The average Bonchev–Trinajstić information content (AvgIpc) is 1.90. The molecule has 0 aliphatic rings. The first-order valence-electron chi connectivity index (χ1n) is 2.60. The molecule has 1 aromatic heterocycles. The molecule has 0 unspecified atom stereocenters. The van der Waals surface area contributed by atoms with Gasteiger partial charge in [-0.2, -0.15) is 0 Å². The average molecular weight is 123 g/mol. The Balaban J connectivity index is 2.85. The fourth-order valence-electron chi connectivity index (χ4n) is 0.559. The molecule has 0 aliphatic heterocycles. The largest absolute Gasteiger partial charge is 0.789 e. The van der Waals surface area contributed by atoms with E-state index in [9.17, 15) is 5.02 Å². The standard InChI is InChI=1S/C5H6BNO2/c8-6(9)7-4-2-1-3-5-7/h1-5,8H. The lowest BCUT2D eigenvalue weighted by Crippen LogP contribution is -2.59. The molecule has 0 bridgehead atoms. The zero-order chi connectivity index (χ0) is 6.69. The third kappa shape index (κ3) is 1.52. The Hall–Kier alpha value is -0.865. The van der Waals surface area contributed by atoms with Crippen LogP contribution in [0.1, 0.15) is 0 Å². The summed E-state index contributed by atoms with van der Waals surface area (Å²) in [6.07, 6.45) is 3.02. The third-order valence-corrected chi connectivity index (χ3v) is 0.994. The van der Waals surface area contributed by atoms with Crippen LogP contribution in [0.2, 0.25) is 0 Å². The molecule has 0 saturated heterocycles. The summed E-state index contributed by atoms with van der Waals surface area (Å²) in [5.74, 6) is 0. The maximum Gasteiger partial charge on any atom is 0.568 e. The van der Waals surface area contributed by atoms with Crippen LogP contribution in [0.25, 0.3) is 0 Å². The summed E-state index contributed by atoms with van der Waals surface area (Å²) >= 11 is 0. The highest BCUT2D eigenvalue weighted by molar-refractivity contribution is 6.27. The second kappa shape index (κ2) is 2.61. The highest BCUT2D eigenvalue weighted by Gasteiger charge is 2.05. The van der Waals surface area contributed by atoms with Crippen molar-refractivity contribution in [1.29, 1.82) is 0 Å². The highest BCUT2D eigenvalue weighted by Crippen LogP contribution is 1.73. The van der Waals surface area contributed by atoms with Gasteiger partial charge in [-0.15, -0.1) is 0 Å². The maximum atomic E-state index is 10.2. The molecule has 46 valence electrons. The first-order chi connectivity index (χ1) is 4.30. The molecular weight excluding hydrogens is 117 g/mol. The highest BCUT2D eigenvalue weighted by atomic mass is 16.4. The summed E-state index contributed by atoms with van der Waals surface area (Å²) in [6.45, 7) is 0. The van der Waals surface area contributed by atoms with Crippen LogP contribution < -0.4 is 9.50 Å². The molecule has 1 aromatic rings. The van der Waals surface area contributed by atoms with Crippen molar-refractivity contribution < 1.29 is 14.5 Å². The van der Waals surface area contributed by atoms with Crippen molar-refractivity contribution in [3.63, 3.8) is 0 Å². The van der Waals surface area contributed by atoms with Crippen LogP contribution in [0, 0.1) is 0 Å². The van der Waals surface area contributed by atoms with Crippen molar-refractivity contribution in [1.82, 2.24) is 0 Å². The lowest BCUT2D eigenvalue weighted by molar-refractivity contribution is -0.603. The van der Waals surface area contributed by atoms with E-state index in [0.717, 1.165) is 0 Å². The molecule has 0 amide bonds. The van der Waals surface area contributed by atoms with Crippen LogP contribution in [0.15, 0.2) is 30.6 Å². The van der Waals surface area contributed by atoms with Crippen LogP contribution in [0.4, 0.5) is 0 Å². The molecule has 1 rings (SSSR count). The Morgan fingerprint density at radius 1 is 1.22 bits per heavy atom. The Kier molecular flexibility index (Phi) is 1.82. The molecule has 1 heterocycles. The van der Waals surface area contributed by atoms with Gasteiger partial charge in [-0.25, -0.2) is 0 Å². The molecule has 3 nitrogen and oxygen atoms in total. The molecule has 9 heavy (non-hydrogen) atoms. The number of pyridine rings is 1. The zero-order valence-corrected chi connectivity index (χ0v) is 4.77. The van der Waals surface area contributed by atoms with Crippen molar-refractivity contribution in [3.05, 3.63) is 30.6 Å². The Bertz CT molecular complexity index is 178. The lowest BCUT2D eigenvalue weighted by Gasteiger charge is -2.00. The predicted octanol–water partition coefficient (Wildman–Crippen LogP) is -1.84. The minimum absolute atomic E-state index is 1.17. The van der Waals surface area contributed by atoms with Crippen molar-refractivity contribution >= 4 is 7.25 Å². The molecule has 0 spiro atoms. The molecule has 0 saturated carbocycles. The maximum absolute atomic E-state index is 10.2. The second-order valence-electron chi connectivity index (χ2n) is 1.65. The summed E-state index contributed by atoms with van der Waals surface area (Å²) in [7, 11) is -1.67. The summed E-state index contributed by atoms with van der Waals surface area (Å²) in [5, 5.41) is 18.7. The van der Waals surface area contributed by atoms with Gasteiger partial charge in [-0.3, -0.25) is 4.48 Å². The van der Waals surface area contributed by atoms with Gasteiger partial charge in [0.15, 0.2) is 0 Å². The van der Waals surface area contributed by atoms with Crippen LogP contribution in [-0.4, -0.2) is 12.3 Å². The normalized spacial score (nSPS) is 9.11. The molecule has 1 N–H and O–H groups in total. The number of hydrogen-bond acceptors (Lipinski definition) is 2. The number of rotatable bonds is 1. The van der Waals surface area contributed by atoms with Crippen LogP contribution in [0.5, 0.6) is 0 Å². The minimum atomic E-state index is -1.67. The monoisotopic (exact) mass is 123 g/mol. The van der Waals surface area contributed by atoms with Gasteiger partial charge in [0.1, 0.15) is 12.4 Å². The summed E-state index contributed by atoms with van der Waals surface area (Å²) in [6, 6.07) is 5.14. The van der Waals surface area contributed by atoms with Gasteiger partial charge in [-0.1, -0.05) is 6.07 Å². The summed E-state index contributed by atoms with van der Waals surface area (Å²) in [4.78, 5) is 0. The van der Waals surface area contributed by atoms with Crippen LogP contribution in [0.3, 0.4) is 0 Å². The molecule has 0 aliphatic carbocycles. The number of hydrogen-bond donors (Lipinski definition) is 1. The fraction of sp³-hybridized carbons (Fsp3) is 0. The van der Waals surface area contributed by atoms with Crippen LogP contribution in [-0.2, 0) is 0 Å². The quantitative estimate of drug-likeness (QED) is 0.446. The van der Waals surface area contributed by atoms with E-state index >= 15 is 0 Å². The SMILES string of the molecule is [O-]B(O)[n+]1ccccc1. The van der Waals surface area contributed by atoms with E-state index in [2.05, 4.69) is 0 Å². The van der Waals surface area contributed by atoms with Crippen LogP contribution >= 0.6 is 0 Å². The van der Waals surface area contributed by atoms with Gasteiger partial charge in [0.05, 0.1) is 0 Å². The Labute approximate surface area is 53.4 Å². The Morgan fingerprint density at radius 3 is 2.11 bits per heavy atom. The molecule has 0 aromatic carbocycles. The smallest absolute Gasteiger partial charge is 0.568 e. The van der Waals surface area contributed by atoms with Gasteiger partial charge in [0.2, 0.25) is 0 Å². The van der Waals surface area contributed by atoms with Gasteiger partial charge < -0.3 is 10.0 Å². The van der Waals surface area contributed by atoms with E-state index in [0.29, 0.717) is 0 Å². The van der Waals surface area contributed by atoms with Gasteiger partial charge >= 0.3 is 7.25 Å². The predicted molar refractivity (Wildman–Crippen MR) is 30.0 cm³/mol. The van der Waals surface area contributed by atoms with Gasteiger partial charge in [-0.05, 0) is 12.1 Å². The van der Waals surface area contributed by atoms with Crippen molar-refractivity contribution in [2.24, 2.45) is 0 Å². The van der Waals surface area contributed by atoms with E-state index < -0.39 is 7.25 Å². The van der Waals surface area contributed by atoms with Gasteiger partial charge in [0, 0.05) is 0 Å². The third-order valence-electron chi connectivity index (χ3n) is 0.994. The first-order valence-corrected chi connectivity index (χ1v) is 2.60. The van der Waals surface area contributed by atoms with Crippen molar-refractivity contribution in [3.8, 4) is 0 Å². The molecule has 0 radical (unpaired) electrons. The zero-order valence-electron chi connectivity index (χ0n) is 4.77. The summed E-state index contributed by atoms with van der Waals surface area (Å²) < 4.78 is 1.17. The second-order valence-corrected chi connectivity index (χ2v) is 1.65. The molecule has 0 fully saturated rings. The molecule has 0 atom stereocenters. The van der Waals surface area contributed by atoms with E-state index in [-0.39, 0.29) is 0 Å². The van der Waals surface area contributed by atoms with E-state index in [1.807, 2.05) is 0 Å². The minimum Gasteiger partial charge on any atom is -0.789 e. The lowest BCUT2D eigenvalue weighted by atomic mass is 10.1. The van der Waals surface area contributed by atoms with E-state index in [4.69, 9.17) is 5.02 Å². The number of aromatic nitrogens is 1. The topological polar surface area (TPSA) is 47.2 Å². The Morgan fingerprint density at radius 2 is 1.78 bits per heavy atom.